The molecule has 0 aliphatic carbocycles. The summed E-state index contributed by atoms with van der Waals surface area (Å²) in [6.45, 7) is 2.78. The van der Waals surface area contributed by atoms with E-state index in [-0.39, 0.29) is 30.7 Å². The maximum absolute atomic E-state index is 12.4. The number of aromatic nitrogens is 1. The minimum absolute atomic E-state index is 0. The third kappa shape index (κ3) is 6.43. The fourth-order valence-electron chi connectivity index (χ4n) is 2.73. The van der Waals surface area contributed by atoms with Crippen LogP contribution in [0.15, 0.2) is 47.1 Å². The summed E-state index contributed by atoms with van der Waals surface area (Å²) in [5.41, 5.74) is 0.446. The summed E-state index contributed by atoms with van der Waals surface area (Å²) in [7, 11) is 0. The molecule has 1 amide bonds. The number of pyridine rings is 1. The van der Waals surface area contributed by atoms with Crippen LogP contribution in [0.5, 0.6) is 11.6 Å². The Labute approximate surface area is 174 Å². The molecule has 1 atom stereocenters. The highest BCUT2D eigenvalue weighted by molar-refractivity contribution is 9.10. The van der Waals surface area contributed by atoms with E-state index in [0.29, 0.717) is 29.7 Å². The molecule has 5 nitrogen and oxygen atoms in total. The van der Waals surface area contributed by atoms with Gasteiger partial charge in [0.15, 0.2) is 0 Å². The van der Waals surface area contributed by atoms with Crippen molar-refractivity contribution in [1.82, 2.24) is 15.6 Å². The van der Waals surface area contributed by atoms with E-state index in [1.165, 1.54) is 6.42 Å². The molecule has 1 aromatic heterocycles. The van der Waals surface area contributed by atoms with E-state index >= 15 is 0 Å². The fraction of sp³-hybridized carbons (Fsp3) is 0.333. The third-order valence-corrected chi connectivity index (χ3v) is 4.52. The van der Waals surface area contributed by atoms with Crippen LogP contribution in [0.2, 0.25) is 0 Å². The van der Waals surface area contributed by atoms with Gasteiger partial charge in [0, 0.05) is 17.2 Å². The molecule has 1 aromatic carbocycles. The lowest BCUT2D eigenvalue weighted by Gasteiger charge is -2.12. The molecule has 0 saturated carbocycles. The van der Waals surface area contributed by atoms with Gasteiger partial charge in [-0.15, -0.1) is 24.8 Å². The Bertz CT molecular complexity index is 712. The monoisotopic (exact) mass is 461 g/mol. The van der Waals surface area contributed by atoms with E-state index in [1.807, 2.05) is 24.3 Å². The Kier molecular flexibility index (Phi) is 9.94. The molecule has 0 spiro atoms. The third-order valence-electron chi connectivity index (χ3n) is 4.03. The molecule has 1 unspecified atom stereocenters. The van der Waals surface area contributed by atoms with Gasteiger partial charge in [0.2, 0.25) is 5.88 Å². The van der Waals surface area contributed by atoms with Crippen LogP contribution in [0.25, 0.3) is 0 Å². The molecule has 2 heterocycles. The van der Waals surface area contributed by atoms with Crippen LogP contribution in [-0.4, -0.2) is 30.5 Å². The Morgan fingerprint density at radius 3 is 2.88 bits per heavy atom. The summed E-state index contributed by atoms with van der Waals surface area (Å²) in [5, 5.41) is 6.30. The van der Waals surface area contributed by atoms with Crippen molar-refractivity contribution in [2.24, 2.45) is 5.92 Å². The van der Waals surface area contributed by atoms with Crippen LogP contribution in [0.3, 0.4) is 0 Å². The number of halogens is 3. The Balaban J connectivity index is 0.00000169. The highest BCUT2D eigenvalue weighted by Crippen LogP contribution is 2.25. The number of nitrogens with zero attached hydrogens (tertiary/aromatic N) is 1. The van der Waals surface area contributed by atoms with Crippen molar-refractivity contribution in [2.75, 3.05) is 19.6 Å². The van der Waals surface area contributed by atoms with Gasteiger partial charge in [-0.1, -0.05) is 22.0 Å². The van der Waals surface area contributed by atoms with Crippen LogP contribution in [0.4, 0.5) is 0 Å². The number of hydrogen-bond donors (Lipinski definition) is 2. The smallest absolute Gasteiger partial charge is 0.256 e. The van der Waals surface area contributed by atoms with Gasteiger partial charge in [0.05, 0.1) is 0 Å². The van der Waals surface area contributed by atoms with Crippen molar-refractivity contribution >= 4 is 46.7 Å². The van der Waals surface area contributed by atoms with E-state index in [4.69, 9.17) is 4.74 Å². The molecule has 1 aliphatic heterocycles. The Morgan fingerprint density at radius 2 is 2.15 bits per heavy atom. The molecule has 26 heavy (non-hydrogen) atoms. The van der Waals surface area contributed by atoms with Gasteiger partial charge in [-0.05, 0) is 62.2 Å². The summed E-state index contributed by atoms with van der Waals surface area (Å²) in [4.78, 5) is 16.6. The van der Waals surface area contributed by atoms with Gasteiger partial charge in [-0.25, -0.2) is 4.98 Å². The van der Waals surface area contributed by atoms with Gasteiger partial charge >= 0.3 is 0 Å². The molecule has 2 N–H and O–H groups in total. The lowest BCUT2D eigenvalue weighted by molar-refractivity contribution is 0.0948. The van der Waals surface area contributed by atoms with Crippen LogP contribution in [0, 0.1) is 5.92 Å². The molecule has 0 radical (unpaired) electrons. The van der Waals surface area contributed by atoms with Gasteiger partial charge in [-0.2, -0.15) is 0 Å². The first-order valence-electron chi connectivity index (χ1n) is 8.10. The first kappa shape index (κ1) is 22.7. The van der Waals surface area contributed by atoms with Gasteiger partial charge in [0.1, 0.15) is 11.3 Å². The molecule has 3 rings (SSSR count). The second kappa shape index (κ2) is 11.4. The first-order chi connectivity index (χ1) is 11.7. The van der Waals surface area contributed by atoms with E-state index in [0.717, 1.165) is 24.0 Å². The maximum atomic E-state index is 12.4. The molecular weight excluding hydrogens is 441 g/mol. The highest BCUT2D eigenvalue weighted by atomic mass is 79.9. The number of carbonyl (C=O) groups excluding carboxylic acids is 1. The zero-order valence-electron chi connectivity index (χ0n) is 14.1. The zero-order valence-corrected chi connectivity index (χ0v) is 17.3. The molecule has 142 valence electrons. The second-order valence-electron chi connectivity index (χ2n) is 5.82. The number of amides is 1. The predicted octanol–water partition coefficient (Wildman–Crippen LogP) is 4.21. The lowest BCUT2D eigenvalue weighted by Crippen LogP contribution is -2.27. The summed E-state index contributed by atoms with van der Waals surface area (Å²) < 4.78 is 6.69. The SMILES string of the molecule is Cl.Cl.O=C(NCCC1CCNC1)c1cccnc1Oc1cccc(Br)c1. The molecule has 2 aromatic rings. The number of carbonyl (C=O) groups is 1. The van der Waals surface area contributed by atoms with Crippen molar-refractivity contribution in [3.8, 4) is 11.6 Å². The number of rotatable bonds is 6. The van der Waals surface area contributed by atoms with E-state index in [9.17, 15) is 4.79 Å². The molecular formula is C18H22BrCl2N3O2. The number of benzene rings is 1. The standard InChI is InChI=1S/C18H20BrN3O2.2ClH/c19-14-3-1-4-15(11-14)24-18-16(5-2-8-22-18)17(23)21-10-7-13-6-9-20-12-13;;/h1-5,8,11,13,20H,6-7,9-10,12H2,(H,21,23);2*1H. The summed E-state index contributed by atoms with van der Waals surface area (Å²) in [6.07, 6.45) is 3.79. The van der Waals surface area contributed by atoms with Crippen LogP contribution >= 0.6 is 40.7 Å². The first-order valence-corrected chi connectivity index (χ1v) is 8.89. The molecule has 1 aliphatic rings. The summed E-state index contributed by atoms with van der Waals surface area (Å²) in [5.74, 6) is 1.44. The van der Waals surface area contributed by atoms with E-state index in [2.05, 4.69) is 31.5 Å². The quantitative estimate of drug-likeness (QED) is 0.674. The summed E-state index contributed by atoms with van der Waals surface area (Å²) >= 11 is 3.40. The maximum Gasteiger partial charge on any atom is 0.256 e. The van der Waals surface area contributed by atoms with Crippen LogP contribution < -0.4 is 15.4 Å². The number of hydrogen-bond acceptors (Lipinski definition) is 4. The molecule has 0 bridgehead atoms. The van der Waals surface area contributed by atoms with Crippen molar-refractivity contribution in [1.29, 1.82) is 0 Å². The van der Waals surface area contributed by atoms with E-state index < -0.39 is 0 Å². The topological polar surface area (TPSA) is 63.2 Å². The van der Waals surface area contributed by atoms with E-state index in [1.54, 1.807) is 18.3 Å². The molecule has 1 saturated heterocycles. The predicted molar refractivity (Wildman–Crippen MR) is 111 cm³/mol. The largest absolute Gasteiger partial charge is 0.438 e. The van der Waals surface area contributed by atoms with Gasteiger partial charge in [0.25, 0.3) is 5.91 Å². The molecule has 1 fully saturated rings. The van der Waals surface area contributed by atoms with Crippen LogP contribution in [0.1, 0.15) is 23.2 Å². The molecule has 8 heteroatoms. The normalized spacial score (nSPS) is 15.5. The number of ether oxygens (including phenoxy) is 1. The number of nitrogens with one attached hydrogen (secondary N) is 2. The average molecular weight is 463 g/mol. The second-order valence-corrected chi connectivity index (χ2v) is 6.73. The lowest BCUT2D eigenvalue weighted by atomic mass is 10.1. The fourth-order valence-corrected chi connectivity index (χ4v) is 3.11. The van der Waals surface area contributed by atoms with Crippen molar-refractivity contribution in [2.45, 2.75) is 12.8 Å². The van der Waals surface area contributed by atoms with Gasteiger partial charge in [-0.3, -0.25) is 4.79 Å². The van der Waals surface area contributed by atoms with Crippen molar-refractivity contribution in [3.05, 3.63) is 52.6 Å². The van der Waals surface area contributed by atoms with Crippen molar-refractivity contribution in [3.63, 3.8) is 0 Å². The zero-order chi connectivity index (χ0) is 16.8. The Hall–Kier alpha value is -1.34. The van der Waals surface area contributed by atoms with Crippen molar-refractivity contribution < 1.29 is 9.53 Å². The summed E-state index contributed by atoms with van der Waals surface area (Å²) in [6, 6.07) is 10.9. The minimum Gasteiger partial charge on any atom is -0.438 e. The highest BCUT2D eigenvalue weighted by Gasteiger charge is 2.17. The minimum atomic E-state index is -0.154. The Morgan fingerprint density at radius 1 is 1.31 bits per heavy atom. The van der Waals surface area contributed by atoms with Gasteiger partial charge < -0.3 is 15.4 Å². The van der Waals surface area contributed by atoms with Crippen LogP contribution in [-0.2, 0) is 0 Å². The average Bonchev–Trinajstić information content (AvgIpc) is 3.09.